The first-order chi connectivity index (χ1) is 11.0. The van der Waals surface area contributed by atoms with Crippen LogP contribution in [0.4, 0.5) is 10.5 Å². The normalized spacial score (nSPS) is 10.1. The Hall–Kier alpha value is -1.92. The number of urea groups is 1. The number of halogens is 2. The van der Waals surface area contributed by atoms with E-state index in [2.05, 4.69) is 26.6 Å². The van der Waals surface area contributed by atoms with Crippen LogP contribution in [0.1, 0.15) is 5.56 Å². The summed E-state index contributed by atoms with van der Waals surface area (Å²) < 4.78 is 11.1. The summed E-state index contributed by atoms with van der Waals surface area (Å²) in [6.07, 6.45) is 0. The smallest absolute Gasteiger partial charge is 0.319 e. The largest absolute Gasteiger partial charge is 0.493 e. The molecule has 7 heteroatoms. The fourth-order valence-electron chi connectivity index (χ4n) is 1.90. The summed E-state index contributed by atoms with van der Waals surface area (Å²) in [6.45, 7) is 0.397. The van der Waals surface area contributed by atoms with Gasteiger partial charge >= 0.3 is 6.03 Å². The standard InChI is InChI=1S/C16H16BrClN2O3/c1-22-14-7-12(17)13(8-15(14)23-2)20-16(21)19-9-10-3-5-11(18)6-4-10/h3-8H,9H2,1-2H3,(H2,19,20,21). The molecule has 122 valence electrons. The highest BCUT2D eigenvalue weighted by Crippen LogP contribution is 2.36. The molecule has 0 aromatic heterocycles. The van der Waals surface area contributed by atoms with Crippen LogP contribution < -0.4 is 20.1 Å². The number of carbonyl (C=O) groups excluding carboxylic acids is 1. The molecule has 0 unspecified atom stereocenters. The first-order valence-electron chi connectivity index (χ1n) is 6.74. The van der Waals surface area contributed by atoms with Gasteiger partial charge in [-0.05, 0) is 33.6 Å². The number of ether oxygens (including phenoxy) is 2. The summed E-state index contributed by atoms with van der Waals surface area (Å²) in [5.74, 6) is 1.11. The van der Waals surface area contributed by atoms with Crippen LogP contribution in [-0.4, -0.2) is 20.3 Å². The van der Waals surface area contributed by atoms with Gasteiger partial charge in [0.15, 0.2) is 11.5 Å². The molecule has 0 bridgehead atoms. The van der Waals surface area contributed by atoms with Gasteiger partial charge in [-0.3, -0.25) is 0 Å². The van der Waals surface area contributed by atoms with E-state index in [1.54, 1.807) is 31.4 Å². The number of anilines is 1. The second kappa shape index (κ2) is 8.08. The molecular weight excluding hydrogens is 384 g/mol. The fourth-order valence-corrected chi connectivity index (χ4v) is 2.45. The Morgan fingerprint density at radius 2 is 1.74 bits per heavy atom. The fraction of sp³-hybridized carbons (Fsp3) is 0.188. The lowest BCUT2D eigenvalue weighted by Gasteiger charge is -2.13. The van der Waals surface area contributed by atoms with Crippen molar-refractivity contribution in [2.24, 2.45) is 0 Å². The van der Waals surface area contributed by atoms with Gasteiger partial charge in [-0.2, -0.15) is 0 Å². The lowest BCUT2D eigenvalue weighted by molar-refractivity contribution is 0.251. The van der Waals surface area contributed by atoms with E-state index in [1.165, 1.54) is 7.11 Å². The number of hydrogen-bond donors (Lipinski definition) is 2. The maximum atomic E-state index is 12.0. The number of amides is 2. The second-order valence-corrected chi connectivity index (χ2v) is 5.91. The number of nitrogens with one attached hydrogen (secondary N) is 2. The van der Waals surface area contributed by atoms with Gasteiger partial charge in [-0.25, -0.2) is 4.79 Å². The molecule has 23 heavy (non-hydrogen) atoms. The van der Waals surface area contributed by atoms with E-state index < -0.39 is 0 Å². The molecule has 0 aliphatic heterocycles. The molecule has 0 heterocycles. The molecule has 2 N–H and O–H groups in total. The van der Waals surface area contributed by atoms with Crippen molar-refractivity contribution in [3.8, 4) is 11.5 Å². The molecule has 0 atom stereocenters. The summed E-state index contributed by atoms with van der Waals surface area (Å²) in [7, 11) is 3.09. The van der Waals surface area contributed by atoms with Gasteiger partial charge in [0.25, 0.3) is 0 Å². The molecule has 2 amide bonds. The number of benzene rings is 2. The van der Waals surface area contributed by atoms with Crippen LogP contribution in [0.2, 0.25) is 5.02 Å². The molecule has 2 aromatic carbocycles. The van der Waals surface area contributed by atoms with Crippen molar-refractivity contribution in [2.45, 2.75) is 6.54 Å². The first kappa shape index (κ1) is 17.4. The van der Waals surface area contributed by atoms with Crippen LogP contribution in [0.15, 0.2) is 40.9 Å². The minimum Gasteiger partial charge on any atom is -0.493 e. The molecule has 0 fully saturated rings. The summed E-state index contributed by atoms with van der Waals surface area (Å²) >= 11 is 9.22. The van der Waals surface area contributed by atoms with Gasteiger partial charge in [0.2, 0.25) is 0 Å². The number of hydrogen-bond acceptors (Lipinski definition) is 3. The third kappa shape index (κ3) is 4.77. The lowest BCUT2D eigenvalue weighted by atomic mass is 10.2. The van der Waals surface area contributed by atoms with Crippen molar-refractivity contribution in [2.75, 3.05) is 19.5 Å². The van der Waals surface area contributed by atoms with E-state index >= 15 is 0 Å². The van der Waals surface area contributed by atoms with Crippen LogP contribution in [-0.2, 0) is 6.54 Å². The zero-order valence-corrected chi connectivity index (χ0v) is 15.0. The van der Waals surface area contributed by atoms with Crippen molar-refractivity contribution in [3.63, 3.8) is 0 Å². The Balaban J connectivity index is 2.01. The molecule has 0 radical (unpaired) electrons. The molecule has 0 aliphatic carbocycles. The zero-order chi connectivity index (χ0) is 16.8. The van der Waals surface area contributed by atoms with Crippen LogP contribution in [0.3, 0.4) is 0 Å². The molecule has 0 saturated carbocycles. The van der Waals surface area contributed by atoms with E-state index in [4.69, 9.17) is 21.1 Å². The summed E-state index contributed by atoms with van der Waals surface area (Å²) in [4.78, 5) is 12.0. The summed E-state index contributed by atoms with van der Waals surface area (Å²) in [6, 6.07) is 10.4. The van der Waals surface area contributed by atoms with E-state index in [-0.39, 0.29) is 6.03 Å². The van der Waals surface area contributed by atoms with E-state index in [1.807, 2.05) is 12.1 Å². The van der Waals surface area contributed by atoms with Crippen LogP contribution >= 0.6 is 27.5 Å². The van der Waals surface area contributed by atoms with Gasteiger partial charge in [-0.15, -0.1) is 0 Å². The Morgan fingerprint density at radius 1 is 1.13 bits per heavy atom. The third-order valence-corrected chi connectivity index (χ3v) is 4.00. The molecule has 5 nitrogen and oxygen atoms in total. The first-order valence-corrected chi connectivity index (χ1v) is 7.91. The predicted octanol–water partition coefficient (Wildman–Crippen LogP) is 4.44. The van der Waals surface area contributed by atoms with Crippen molar-refractivity contribution in [3.05, 3.63) is 51.5 Å². The SMILES string of the molecule is COc1cc(Br)c(NC(=O)NCc2ccc(Cl)cc2)cc1OC. The van der Waals surface area contributed by atoms with E-state index in [0.29, 0.717) is 33.2 Å². The van der Waals surface area contributed by atoms with Crippen molar-refractivity contribution in [1.82, 2.24) is 5.32 Å². The topological polar surface area (TPSA) is 59.6 Å². The Morgan fingerprint density at radius 3 is 2.35 bits per heavy atom. The van der Waals surface area contributed by atoms with Gasteiger partial charge < -0.3 is 20.1 Å². The average molecular weight is 400 g/mol. The highest BCUT2D eigenvalue weighted by molar-refractivity contribution is 9.10. The summed E-state index contributed by atoms with van der Waals surface area (Å²) in [5, 5.41) is 6.19. The highest BCUT2D eigenvalue weighted by Gasteiger charge is 2.11. The molecule has 2 rings (SSSR count). The molecule has 0 aliphatic rings. The van der Waals surface area contributed by atoms with E-state index in [9.17, 15) is 4.79 Å². The maximum absolute atomic E-state index is 12.0. The van der Waals surface area contributed by atoms with Crippen LogP contribution in [0, 0.1) is 0 Å². The van der Waals surface area contributed by atoms with Crippen molar-refractivity contribution < 1.29 is 14.3 Å². The predicted molar refractivity (Wildman–Crippen MR) is 94.6 cm³/mol. The van der Waals surface area contributed by atoms with Crippen LogP contribution in [0.25, 0.3) is 0 Å². The van der Waals surface area contributed by atoms with Gasteiger partial charge in [0.1, 0.15) is 0 Å². The number of rotatable bonds is 5. The Kier molecular flexibility index (Phi) is 6.12. The van der Waals surface area contributed by atoms with Gasteiger partial charge in [-0.1, -0.05) is 23.7 Å². The molecule has 0 saturated heterocycles. The van der Waals surface area contributed by atoms with Gasteiger partial charge in [0.05, 0.1) is 19.9 Å². The van der Waals surface area contributed by atoms with Crippen LogP contribution in [0.5, 0.6) is 11.5 Å². The minimum atomic E-state index is -0.326. The van der Waals surface area contributed by atoms with E-state index in [0.717, 1.165) is 5.56 Å². The quantitative estimate of drug-likeness (QED) is 0.781. The number of methoxy groups -OCH3 is 2. The lowest BCUT2D eigenvalue weighted by Crippen LogP contribution is -2.28. The Bertz CT molecular complexity index is 692. The Labute approximate surface area is 148 Å². The number of carbonyl (C=O) groups is 1. The monoisotopic (exact) mass is 398 g/mol. The maximum Gasteiger partial charge on any atom is 0.319 e. The zero-order valence-electron chi connectivity index (χ0n) is 12.7. The molecule has 2 aromatic rings. The third-order valence-electron chi connectivity index (χ3n) is 3.09. The highest BCUT2D eigenvalue weighted by atomic mass is 79.9. The second-order valence-electron chi connectivity index (χ2n) is 4.62. The van der Waals surface area contributed by atoms with Gasteiger partial charge in [0, 0.05) is 28.2 Å². The minimum absolute atomic E-state index is 0.326. The van der Waals surface area contributed by atoms with Crippen molar-refractivity contribution >= 4 is 39.2 Å². The molecule has 0 spiro atoms. The molecular formula is C16H16BrClN2O3. The van der Waals surface area contributed by atoms with Crippen molar-refractivity contribution in [1.29, 1.82) is 0 Å². The summed E-state index contributed by atoms with van der Waals surface area (Å²) in [5.41, 5.74) is 1.53. The average Bonchev–Trinajstić information content (AvgIpc) is 2.55.